The lowest BCUT2D eigenvalue weighted by atomic mass is 10.0. The monoisotopic (exact) mass is 386 g/mol. The van der Waals surface area contributed by atoms with Crippen molar-refractivity contribution < 1.29 is 23.5 Å². The molecule has 2 N–H and O–H groups in total. The van der Waals surface area contributed by atoms with Crippen LogP contribution in [0.1, 0.15) is 35.5 Å². The van der Waals surface area contributed by atoms with Crippen LogP contribution in [-0.2, 0) is 20.7 Å². The highest BCUT2D eigenvalue weighted by Crippen LogP contribution is 2.08. The summed E-state index contributed by atoms with van der Waals surface area (Å²) in [6.07, 6.45) is 2.07. The standard InChI is InChI=1S/C21H26N2O5/c1-14(2)19(23-20(25)17-9-6-12-27-17)21(26)28-13-18(24)22-11-10-16-8-5-4-7-15(16)3/h4-9,12,14,19H,10-11,13H2,1-3H3,(H,22,24)(H,23,25)/t19-/m0/s1. The van der Waals surface area contributed by atoms with Crippen molar-refractivity contribution in [1.29, 1.82) is 0 Å². The zero-order valence-electron chi connectivity index (χ0n) is 16.4. The number of esters is 1. The van der Waals surface area contributed by atoms with Gasteiger partial charge < -0.3 is 19.8 Å². The summed E-state index contributed by atoms with van der Waals surface area (Å²) in [5, 5.41) is 5.30. The van der Waals surface area contributed by atoms with E-state index >= 15 is 0 Å². The molecule has 0 bridgehead atoms. The maximum atomic E-state index is 12.3. The van der Waals surface area contributed by atoms with Crippen molar-refractivity contribution in [3.8, 4) is 0 Å². The second kappa shape index (κ2) is 10.3. The molecule has 0 aliphatic rings. The molecule has 1 heterocycles. The Morgan fingerprint density at radius 1 is 1.11 bits per heavy atom. The fourth-order valence-electron chi connectivity index (χ4n) is 2.62. The highest BCUT2D eigenvalue weighted by molar-refractivity contribution is 5.94. The minimum atomic E-state index is -0.877. The molecule has 0 unspecified atom stereocenters. The number of furan rings is 1. The first-order valence-electron chi connectivity index (χ1n) is 9.20. The van der Waals surface area contributed by atoms with Crippen molar-refractivity contribution in [2.24, 2.45) is 5.92 Å². The number of ether oxygens (including phenoxy) is 1. The Kier molecular flexibility index (Phi) is 7.80. The van der Waals surface area contributed by atoms with Gasteiger partial charge in [0.05, 0.1) is 6.26 Å². The van der Waals surface area contributed by atoms with Crippen molar-refractivity contribution in [3.63, 3.8) is 0 Å². The Labute approximate surface area is 164 Å². The smallest absolute Gasteiger partial charge is 0.329 e. The molecule has 1 aromatic carbocycles. The number of carbonyl (C=O) groups excluding carboxylic acids is 3. The van der Waals surface area contributed by atoms with Crippen LogP contribution in [0, 0.1) is 12.8 Å². The Hall–Kier alpha value is -3.09. The molecule has 2 rings (SSSR count). The summed E-state index contributed by atoms with van der Waals surface area (Å²) in [4.78, 5) is 36.3. The van der Waals surface area contributed by atoms with Gasteiger partial charge in [0.15, 0.2) is 12.4 Å². The largest absolute Gasteiger partial charge is 0.459 e. The number of carbonyl (C=O) groups is 3. The Balaban J connectivity index is 1.77. The summed E-state index contributed by atoms with van der Waals surface area (Å²) >= 11 is 0. The molecule has 150 valence electrons. The van der Waals surface area contributed by atoms with Crippen molar-refractivity contribution in [1.82, 2.24) is 10.6 Å². The fraction of sp³-hybridized carbons (Fsp3) is 0.381. The molecule has 7 nitrogen and oxygen atoms in total. The van der Waals surface area contributed by atoms with E-state index in [0.717, 1.165) is 11.1 Å². The van der Waals surface area contributed by atoms with Crippen LogP contribution in [0.5, 0.6) is 0 Å². The number of aryl methyl sites for hydroxylation is 1. The van der Waals surface area contributed by atoms with Crippen molar-refractivity contribution >= 4 is 17.8 Å². The SMILES string of the molecule is Cc1ccccc1CCNC(=O)COC(=O)[C@@H](NC(=O)c1ccco1)C(C)C. The van der Waals surface area contributed by atoms with E-state index in [4.69, 9.17) is 9.15 Å². The Bertz CT molecular complexity index is 799. The zero-order chi connectivity index (χ0) is 20.5. The molecular formula is C21H26N2O5. The molecule has 28 heavy (non-hydrogen) atoms. The minimum absolute atomic E-state index is 0.104. The molecule has 1 aromatic heterocycles. The van der Waals surface area contributed by atoms with Gasteiger partial charge in [-0.05, 0) is 42.5 Å². The van der Waals surface area contributed by atoms with E-state index in [1.807, 2.05) is 31.2 Å². The second-order valence-electron chi connectivity index (χ2n) is 6.81. The van der Waals surface area contributed by atoms with E-state index < -0.39 is 24.5 Å². The molecular weight excluding hydrogens is 360 g/mol. The van der Waals surface area contributed by atoms with Crippen LogP contribution >= 0.6 is 0 Å². The van der Waals surface area contributed by atoms with Gasteiger partial charge in [-0.3, -0.25) is 9.59 Å². The van der Waals surface area contributed by atoms with Crippen LogP contribution in [0.2, 0.25) is 0 Å². The van der Waals surface area contributed by atoms with Crippen molar-refractivity contribution in [2.45, 2.75) is 33.2 Å². The van der Waals surface area contributed by atoms with E-state index in [9.17, 15) is 14.4 Å². The van der Waals surface area contributed by atoms with Gasteiger partial charge in [-0.1, -0.05) is 38.1 Å². The molecule has 1 atom stereocenters. The van der Waals surface area contributed by atoms with E-state index in [-0.39, 0.29) is 17.6 Å². The van der Waals surface area contributed by atoms with E-state index in [1.54, 1.807) is 19.9 Å². The van der Waals surface area contributed by atoms with Gasteiger partial charge in [-0.2, -0.15) is 0 Å². The van der Waals surface area contributed by atoms with Crippen molar-refractivity contribution in [3.05, 3.63) is 59.5 Å². The Morgan fingerprint density at radius 2 is 1.86 bits per heavy atom. The maximum absolute atomic E-state index is 12.3. The van der Waals surface area contributed by atoms with E-state index in [2.05, 4.69) is 10.6 Å². The molecule has 2 amide bonds. The predicted molar refractivity (Wildman–Crippen MR) is 104 cm³/mol. The highest BCUT2D eigenvalue weighted by atomic mass is 16.5. The van der Waals surface area contributed by atoms with Gasteiger partial charge in [-0.15, -0.1) is 0 Å². The summed E-state index contributed by atoms with van der Waals surface area (Å²) in [7, 11) is 0. The number of benzene rings is 1. The number of hydrogen-bond acceptors (Lipinski definition) is 5. The third-order valence-corrected chi connectivity index (χ3v) is 4.28. The second-order valence-corrected chi connectivity index (χ2v) is 6.81. The first-order chi connectivity index (χ1) is 13.4. The number of hydrogen-bond donors (Lipinski definition) is 2. The first kappa shape index (κ1) is 21.2. The van der Waals surface area contributed by atoms with Crippen molar-refractivity contribution in [2.75, 3.05) is 13.2 Å². The molecule has 0 spiro atoms. The molecule has 2 aromatic rings. The van der Waals surface area contributed by atoms with E-state index in [1.165, 1.54) is 12.3 Å². The first-order valence-corrected chi connectivity index (χ1v) is 9.20. The van der Waals surface area contributed by atoms with Crippen LogP contribution < -0.4 is 10.6 Å². The number of rotatable bonds is 9. The molecule has 7 heteroatoms. The lowest BCUT2D eigenvalue weighted by Gasteiger charge is -2.20. The normalized spacial score (nSPS) is 11.7. The van der Waals surface area contributed by atoms with Gasteiger partial charge >= 0.3 is 5.97 Å². The average molecular weight is 386 g/mol. The lowest BCUT2D eigenvalue weighted by Crippen LogP contribution is -2.46. The van der Waals surface area contributed by atoms with Gasteiger partial charge in [0.25, 0.3) is 11.8 Å². The molecule has 0 saturated heterocycles. The van der Waals surface area contributed by atoms with Crippen LogP contribution in [0.3, 0.4) is 0 Å². The predicted octanol–water partition coefficient (Wildman–Crippen LogP) is 2.24. The van der Waals surface area contributed by atoms with Crippen LogP contribution in [0.4, 0.5) is 0 Å². The summed E-state index contributed by atoms with van der Waals surface area (Å²) in [5.41, 5.74) is 2.32. The number of amides is 2. The Morgan fingerprint density at radius 3 is 2.50 bits per heavy atom. The third-order valence-electron chi connectivity index (χ3n) is 4.28. The lowest BCUT2D eigenvalue weighted by molar-refractivity contribution is -0.151. The van der Waals surface area contributed by atoms with Crippen LogP contribution in [0.15, 0.2) is 47.1 Å². The van der Waals surface area contributed by atoms with Gasteiger partial charge in [0.2, 0.25) is 0 Å². The molecule has 0 aliphatic heterocycles. The summed E-state index contributed by atoms with van der Waals surface area (Å²) in [5.74, 6) is -1.67. The highest BCUT2D eigenvalue weighted by Gasteiger charge is 2.27. The summed E-state index contributed by atoms with van der Waals surface area (Å²) in [6.45, 7) is 5.62. The van der Waals surface area contributed by atoms with Gasteiger partial charge in [0.1, 0.15) is 6.04 Å². The number of nitrogens with one attached hydrogen (secondary N) is 2. The van der Waals surface area contributed by atoms with Crippen LogP contribution in [-0.4, -0.2) is 37.0 Å². The third kappa shape index (κ3) is 6.26. The minimum Gasteiger partial charge on any atom is -0.459 e. The molecule has 0 saturated carbocycles. The maximum Gasteiger partial charge on any atom is 0.329 e. The average Bonchev–Trinajstić information content (AvgIpc) is 3.20. The van der Waals surface area contributed by atoms with Crippen LogP contribution in [0.25, 0.3) is 0 Å². The molecule has 0 fully saturated rings. The quantitative estimate of drug-likeness (QED) is 0.644. The summed E-state index contributed by atoms with van der Waals surface area (Å²) in [6, 6.07) is 10.1. The van der Waals surface area contributed by atoms with E-state index in [0.29, 0.717) is 13.0 Å². The van der Waals surface area contributed by atoms with Gasteiger partial charge in [-0.25, -0.2) is 4.79 Å². The zero-order valence-corrected chi connectivity index (χ0v) is 16.4. The molecule has 0 radical (unpaired) electrons. The van der Waals surface area contributed by atoms with Gasteiger partial charge in [0, 0.05) is 6.54 Å². The molecule has 0 aliphatic carbocycles. The summed E-state index contributed by atoms with van der Waals surface area (Å²) < 4.78 is 10.1. The fourth-order valence-corrected chi connectivity index (χ4v) is 2.62. The topological polar surface area (TPSA) is 97.6 Å².